The summed E-state index contributed by atoms with van der Waals surface area (Å²) >= 11 is 5.53. The number of carbonyl (C=O) groups is 1. The second-order valence-electron chi connectivity index (χ2n) is 4.67. The Hall–Kier alpha value is -2.71. The largest absolute Gasteiger partial charge is 0.495 e. The van der Waals surface area contributed by atoms with Crippen LogP contribution in [0, 0.1) is 11.3 Å². The molecular formula is C17H16ClN3O2. The van der Waals surface area contributed by atoms with E-state index in [2.05, 4.69) is 16.7 Å². The molecule has 2 rings (SSSR count). The van der Waals surface area contributed by atoms with Gasteiger partial charge in [0.2, 0.25) is 0 Å². The van der Waals surface area contributed by atoms with E-state index in [1.165, 1.54) is 0 Å². The van der Waals surface area contributed by atoms with Gasteiger partial charge in [0, 0.05) is 12.4 Å². The van der Waals surface area contributed by atoms with Crippen LogP contribution < -0.4 is 15.4 Å². The molecule has 23 heavy (non-hydrogen) atoms. The SMILES string of the molecule is COc1cc(-c2ccc(C#N)cc2)ccc1NC(=O)NCCCl. The zero-order chi connectivity index (χ0) is 16.7. The maximum absolute atomic E-state index is 11.7. The number of nitrogens with one attached hydrogen (secondary N) is 2. The van der Waals surface area contributed by atoms with Gasteiger partial charge in [-0.3, -0.25) is 0 Å². The van der Waals surface area contributed by atoms with Crippen molar-refractivity contribution in [1.29, 1.82) is 5.26 Å². The molecule has 5 nitrogen and oxygen atoms in total. The predicted octanol–water partition coefficient (Wildman–Crippen LogP) is 3.59. The molecule has 2 aromatic rings. The lowest BCUT2D eigenvalue weighted by molar-refractivity contribution is 0.252. The number of nitrogens with zero attached hydrogens (tertiary/aromatic N) is 1. The summed E-state index contributed by atoms with van der Waals surface area (Å²) in [4.78, 5) is 11.7. The minimum Gasteiger partial charge on any atom is -0.495 e. The third-order valence-corrected chi connectivity index (χ3v) is 3.37. The number of hydrogen-bond acceptors (Lipinski definition) is 3. The lowest BCUT2D eigenvalue weighted by Crippen LogP contribution is -2.30. The van der Waals surface area contributed by atoms with Gasteiger partial charge in [0.1, 0.15) is 5.75 Å². The summed E-state index contributed by atoms with van der Waals surface area (Å²) in [5.74, 6) is 0.898. The van der Waals surface area contributed by atoms with Crippen LogP contribution in [-0.4, -0.2) is 25.6 Å². The van der Waals surface area contributed by atoms with Crippen LogP contribution in [0.1, 0.15) is 5.56 Å². The van der Waals surface area contributed by atoms with Crippen LogP contribution >= 0.6 is 11.6 Å². The van der Waals surface area contributed by atoms with E-state index in [4.69, 9.17) is 21.6 Å². The number of anilines is 1. The van der Waals surface area contributed by atoms with Crippen LogP contribution in [-0.2, 0) is 0 Å². The molecule has 0 aromatic heterocycles. The van der Waals surface area contributed by atoms with Gasteiger partial charge in [0.05, 0.1) is 24.4 Å². The zero-order valence-corrected chi connectivity index (χ0v) is 13.4. The molecule has 0 fully saturated rings. The van der Waals surface area contributed by atoms with Crippen LogP contribution in [0.2, 0.25) is 0 Å². The summed E-state index contributed by atoms with van der Waals surface area (Å²) < 4.78 is 5.34. The van der Waals surface area contributed by atoms with Gasteiger partial charge in [0.15, 0.2) is 0 Å². The van der Waals surface area contributed by atoms with E-state index in [0.717, 1.165) is 11.1 Å². The second kappa shape index (κ2) is 8.06. The van der Waals surface area contributed by atoms with Crippen LogP contribution in [0.5, 0.6) is 5.75 Å². The molecule has 0 unspecified atom stereocenters. The van der Waals surface area contributed by atoms with Gasteiger partial charge >= 0.3 is 6.03 Å². The molecular weight excluding hydrogens is 314 g/mol. The first kappa shape index (κ1) is 16.7. The number of alkyl halides is 1. The van der Waals surface area contributed by atoms with Crippen LogP contribution in [0.25, 0.3) is 11.1 Å². The normalized spacial score (nSPS) is 9.78. The van der Waals surface area contributed by atoms with Crippen molar-refractivity contribution in [3.63, 3.8) is 0 Å². The lowest BCUT2D eigenvalue weighted by Gasteiger charge is -2.12. The molecule has 0 radical (unpaired) electrons. The van der Waals surface area contributed by atoms with E-state index in [0.29, 0.717) is 29.4 Å². The maximum atomic E-state index is 11.7. The van der Waals surface area contributed by atoms with Crippen LogP contribution in [0.3, 0.4) is 0 Å². The van der Waals surface area contributed by atoms with E-state index in [1.54, 1.807) is 25.3 Å². The molecule has 2 amide bonds. The topological polar surface area (TPSA) is 74.1 Å². The Kier molecular flexibility index (Phi) is 5.84. The Labute approximate surface area is 139 Å². The summed E-state index contributed by atoms with van der Waals surface area (Å²) in [6.07, 6.45) is 0. The summed E-state index contributed by atoms with van der Waals surface area (Å²) in [6.45, 7) is 0.388. The second-order valence-corrected chi connectivity index (χ2v) is 5.05. The number of methoxy groups -OCH3 is 1. The molecule has 0 aliphatic rings. The van der Waals surface area contributed by atoms with Crippen molar-refractivity contribution >= 4 is 23.3 Å². The quantitative estimate of drug-likeness (QED) is 0.823. The number of ether oxygens (including phenoxy) is 1. The van der Waals surface area contributed by atoms with Crippen molar-refractivity contribution in [3.8, 4) is 22.9 Å². The number of amides is 2. The molecule has 0 saturated carbocycles. The Bertz CT molecular complexity index is 724. The van der Waals surface area contributed by atoms with Crippen LogP contribution in [0.4, 0.5) is 10.5 Å². The Morgan fingerprint density at radius 2 is 1.91 bits per heavy atom. The standard InChI is InChI=1S/C17H16ClN3O2/c1-23-16-10-14(13-4-2-12(11-19)3-5-13)6-7-15(16)21-17(22)20-9-8-18/h2-7,10H,8-9H2,1H3,(H2,20,21,22). The van der Waals surface area contributed by atoms with Crippen molar-refractivity contribution in [3.05, 3.63) is 48.0 Å². The highest BCUT2D eigenvalue weighted by molar-refractivity contribution is 6.18. The van der Waals surface area contributed by atoms with E-state index in [-0.39, 0.29) is 6.03 Å². The van der Waals surface area contributed by atoms with Gasteiger partial charge in [-0.15, -0.1) is 11.6 Å². The van der Waals surface area contributed by atoms with Crippen molar-refractivity contribution in [2.45, 2.75) is 0 Å². The van der Waals surface area contributed by atoms with Gasteiger partial charge in [-0.05, 0) is 35.4 Å². The molecule has 6 heteroatoms. The molecule has 0 atom stereocenters. The maximum Gasteiger partial charge on any atom is 0.319 e. The third-order valence-electron chi connectivity index (χ3n) is 3.18. The minimum absolute atomic E-state index is 0.338. The van der Waals surface area contributed by atoms with Crippen molar-refractivity contribution in [2.75, 3.05) is 24.9 Å². The van der Waals surface area contributed by atoms with Crippen LogP contribution in [0.15, 0.2) is 42.5 Å². The smallest absolute Gasteiger partial charge is 0.319 e. The van der Waals surface area contributed by atoms with Gasteiger partial charge < -0.3 is 15.4 Å². The lowest BCUT2D eigenvalue weighted by atomic mass is 10.0. The molecule has 0 aliphatic heterocycles. The third kappa shape index (κ3) is 4.38. The minimum atomic E-state index is -0.338. The highest BCUT2D eigenvalue weighted by Gasteiger charge is 2.09. The summed E-state index contributed by atoms with van der Waals surface area (Å²) in [6, 6.07) is 14.5. The Morgan fingerprint density at radius 3 is 2.52 bits per heavy atom. The predicted molar refractivity (Wildman–Crippen MR) is 90.9 cm³/mol. The average Bonchev–Trinajstić information content (AvgIpc) is 2.60. The Balaban J connectivity index is 2.21. The Morgan fingerprint density at radius 1 is 1.22 bits per heavy atom. The van der Waals surface area contributed by atoms with E-state index in [9.17, 15) is 4.79 Å². The summed E-state index contributed by atoms with van der Waals surface area (Å²) in [7, 11) is 1.54. The number of urea groups is 1. The zero-order valence-electron chi connectivity index (χ0n) is 12.6. The fraction of sp³-hybridized carbons (Fsp3) is 0.176. The average molecular weight is 330 g/mol. The van der Waals surface area contributed by atoms with Gasteiger partial charge in [-0.1, -0.05) is 18.2 Å². The number of hydrogen-bond donors (Lipinski definition) is 2. The molecule has 2 aromatic carbocycles. The summed E-state index contributed by atoms with van der Waals surface area (Å²) in [5, 5.41) is 14.2. The molecule has 0 aliphatic carbocycles. The fourth-order valence-electron chi connectivity index (χ4n) is 2.04. The molecule has 2 N–H and O–H groups in total. The summed E-state index contributed by atoms with van der Waals surface area (Å²) in [5.41, 5.74) is 3.06. The van der Waals surface area contributed by atoms with Gasteiger partial charge in [-0.25, -0.2) is 4.79 Å². The first-order chi connectivity index (χ1) is 11.2. The first-order valence-electron chi connectivity index (χ1n) is 6.97. The molecule has 0 saturated heterocycles. The number of benzene rings is 2. The molecule has 0 bridgehead atoms. The van der Waals surface area contributed by atoms with Gasteiger partial charge in [-0.2, -0.15) is 5.26 Å². The molecule has 0 heterocycles. The van der Waals surface area contributed by atoms with Crippen molar-refractivity contribution in [1.82, 2.24) is 5.32 Å². The molecule has 118 valence electrons. The fourth-order valence-corrected chi connectivity index (χ4v) is 2.13. The van der Waals surface area contributed by atoms with Crippen molar-refractivity contribution < 1.29 is 9.53 Å². The highest BCUT2D eigenvalue weighted by Crippen LogP contribution is 2.30. The number of rotatable bonds is 5. The highest BCUT2D eigenvalue weighted by atomic mass is 35.5. The first-order valence-corrected chi connectivity index (χ1v) is 7.50. The van der Waals surface area contributed by atoms with E-state index in [1.807, 2.05) is 24.3 Å². The van der Waals surface area contributed by atoms with E-state index >= 15 is 0 Å². The monoisotopic (exact) mass is 329 g/mol. The van der Waals surface area contributed by atoms with E-state index < -0.39 is 0 Å². The molecule has 0 spiro atoms. The number of nitriles is 1. The van der Waals surface area contributed by atoms with Crippen molar-refractivity contribution in [2.24, 2.45) is 0 Å². The van der Waals surface area contributed by atoms with Gasteiger partial charge in [0.25, 0.3) is 0 Å². The number of carbonyl (C=O) groups excluding carboxylic acids is 1. The number of halogens is 1.